The van der Waals surface area contributed by atoms with Gasteiger partial charge in [0.1, 0.15) is 11.9 Å². The third-order valence-corrected chi connectivity index (χ3v) is 4.50. The highest BCUT2D eigenvalue weighted by Crippen LogP contribution is 2.29. The van der Waals surface area contributed by atoms with Crippen molar-refractivity contribution in [2.75, 3.05) is 13.1 Å². The van der Waals surface area contributed by atoms with E-state index in [9.17, 15) is 9.18 Å². The molecule has 1 aromatic rings. The Kier molecular flexibility index (Phi) is 4.29. The minimum atomic E-state index is -1.06. The zero-order chi connectivity index (χ0) is 13.3. The molecule has 7 heteroatoms. The molecule has 0 aliphatic carbocycles. The van der Waals surface area contributed by atoms with Gasteiger partial charge in [-0.1, -0.05) is 11.6 Å². The highest BCUT2D eigenvalue weighted by Gasteiger charge is 2.27. The van der Waals surface area contributed by atoms with Crippen LogP contribution in [0.3, 0.4) is 0 Å². The van der Waals surface area contributed by atoms with Crippen LogP contribution in [0.2, 0.25) is 5.02 Å². The fraction of sp³-hybridized carbons (Fsp3) is 0.545. The van der Waals surface area contributed by atoms with Gasteiger partial charge in [0.05, 0.1) is 15.5 Å². The molecule has 1 saturated heterocycles. The number of hydrogen-bond acceptors (Lipinski definition) is 2. The van der Waals surface area contributed by atoms with Gasteiger partial charge in [-0.25, -0.2) is 4.39 Å². The van der Waals surface area contributed by atoms with Crippen molar-refractivity contribution in [2.24, 2.45) is 0 Å². The SMILES string of the molecule is Cc1[nH]c(C(=O)N[C@@H]2CCNC[C@H]2F)c(Br)c1Cl. The molecule has 1 fully saturated rings. The van der Waals surface area contributed by atoms with Crippen LogP contribution in [-0.4, -0.2) is 36.2 Å². The number of alkyl halides is 1. The zero-order valence-corrected chi connectivity index (χ0v) is 12.2. The van der Waals surface area contributed by atoms with Gasteiger partial charge in [-0.05, 0) is 35.8 Å². The first kappa shape index (κ1) is 13.8. The van der Waals surface area contributed by atoms with E-state index in [4.69, 9.17) is 11.6 Å². The molecular weight excluding hydrogens is 324 g/mol. The molecule has 1 amide bonds. The third-order valence-electron chi connectivity index (χ3n) is 3.01. The van der Waals surface area contributed by atoms with Crippen molar-refractivity contribution in [3.05, 3.63) is 20.9 Å². The van der Waals surface area contributed by atoms with Crippen LogP contribution < -0.4 is 10.6 Å². The normalized spacial score (nSPS) is 24.0. The van der Waals surface area contributed by atoms with Gasteiger partial charge >= 0.3 is 0 Å². The summed E-state index contributed by atoms with van der Waals surface area (Å²) < 4.78 is 14.1. The Hall–Kier alpha value is -0.590. The number of aromatic nitrogens is 1. The summed E-state index contributed by atoms with van der Waals surface area (Å²) in [4.78, 5) is 14.9. The van der Waals surface area contributed by atoms with Crippen LogP contribution >= 0.6 is 27.5 Å². The maximum atomic E-state index is 13.6. The standard InChI is InChI=1S/C11H14BrClFN3O/c1-5-9(13)8(12)10(16-5)11(18)17-7-2-3-15-4-6(7)14/h6-7,15-16H,2-4H2,1H3,(H,17,18)/t6-,7-/m1/s1. The molecule has 0 spiro atoms. The second-order valence-corrected chi connectivity index (χ2v) is 5.51. The Morgan fingerprint density at radius 1 is 1.61 bits per heavy atom. The van der Waals surface area contributed by atoms with E-state index in [0.29, 0.717) is 33.8 Å². The van der Waals surface area contributed by atoms with Gasteiger partial charge in [0.15, 0.2) is 0 Å². The summed E-state index contributed by atoms with van der Waals surface area (Å²) in [6.07, 6.45) is -0.481. The van der Waals surface area contributed by atoms with Crippen molar-refractivity contribution in [3.63, 3.8) is 0 Å². The predicted octanol–water partition coefficient (Wildman–Crippen LogP) is 2.17. The molecule has 1 aromatic heterocycles. The Morgan fingerprint density at radius 3 is 2.89 bits per heavy atom. The summed E-state index contributed by atoms with van der Waals surface area (Å²) in [5.41, 5.74) is 1.04. The van der Waals surface area contributed by atoms with E-state index in [1.807, 2.05) is 0 Å². The summed E-state index contributed by atoms with van der Waals surface area (Å²) >= 11 is 9.22. The van der Waals surface area contributed by atoms with E-state index in [2.05, 4.69) is 31.5 Å². The summed E-state index contributed by atoms with van der Waals surface area (Å²) in [5.74, 6) is -0.341. The first-order valence-corrected chi connectivity index (χ1v) is 6.87. The van der Waals surface area contributed by atoms with Crippen molar-refractivity contribution < 1.29 is 9.18 Å². The number of carbonyl (C=O) groups excluding carboxylic acids is 1. The minimum Gasteiger partial charge on any atom is -0.352 e. The van der Waals surface area contributed by atoms with Crippen molar-refractivity contribution in [1.29, 1.82) is 0 Å². The molecule has 3 N–H and O–H groups in total. The fourth-order valence-corrected chi connectivity index (χ4v) is 2.67. The molecule has 2 rings (SSSR count). The number of amides is 1. The van der Waals surface area contributed by atoms with Gasteiger partial charge in [0.2, 0.25) is 0 Å². The first-order chi connectivity index (χ1) is 8.50. The Bertz CT molecular complexity index is 465. The van der Waals surface area contributed by atoms with Crippen LogP contribution in [-0.2, 0) is 0 Å². The number of rotatable bonds is 2. The number of nitrogens with one attached hydrogen (secondary N) is 3. The molecule has 2 heterocycles. The van der Waals surface area contributed by atoms with E-state index in [1.54, 1.807) is 6.92 Å². The molecule has 18 heavy (non-hydrogen) atoms. The fourth-order valence-electron chi connectivity index (χ4n) is 1.95. The van der Waals surface area contributed by atoms with Gasteiger partial charge in [0, 0.05) is 12.2 Å². The smallest absolute Gasteiger partial charge is 0.269 e. The number of halogens is 3. The third kappa shape index (κ3) is 2.70. The van der Waals surface area contributed by atoms with Crippen LogP contribution in [0.15, 0.2) is 4.47 Å². The first-order valence-electron chi connectivity index (χ1n) is 5.70. The van der Waals surface area contributed by atoms with Gasteiger partial charge in [0.25, 0.3) is 5.91 Å². The summed E-state index contributed by atoms with van der Waals surface area (Å²) in [5, 5.41) is 6.10. The molecule has 2 atom stereocenters. The number of aryl methyl sites for hydroxylation is 1. The van der Waals surface area contributed by atoms with Crippen LogP contribution in [0, 0.1) is 6.92 Å². The van der Waals surface area contributed by atoms with Crippen molar-refractivity contribution in [1.82, 2.24) is 15.6 Å². The molecular formula is C11H14BrClFN3O. The van der Waals surface area contributed by atoms with E-state index in [1.165, 1.54) is 0 Å². The number of hydrogen-bond donors (Lipinski definition) is 3. The van der Waals surface area contributed by atoms with Gasteiger partial charge in [-0.15, -0.1) is 0 Å². The highest BCUT2D eigenvalue weighted by molar-refractivity contribution is 9.10. The Labute approximate surface area is 118 Å². The highest BCUT2D eigenvalue weighted by atomic mass is 79.9. The molecule has 0 aromatic carbocycles. The van der Waals surface area contributed by atoms with Gasteiger partial charge in [-0.2, -0.15) is 0 Å². The molecule has 0 radical (unpaired) electrons. The lowest BCUT2D eigenvalue weighted by Crippen LogP contribution is -2.50. The predicted molar refractivity (Wildman–Crippen MR) is 71.9 cm³/mol. The topological polar surface area (TPSA) is 56.9 Å². The molecule has 0 bridgehead atoms. The van der Waals surface area contributed by atoms with Gasteiger partial charge < -0.3 is 15.6 Å². The number of H-pyrrole nitrogens is 1. The van der Waals surface area contributed by atoms with Crippen LogP contribution in [0.5, 0.6) is 0 Å². The minimum absolute atomic E-state index is 0.274. The van der Waals surface area contributed by atoms with Gasteiger partial charge in [-0.3, -0.25) is 4.79 Å². The van der Waals surface area contributed by atoms with E-state index in [-0.39, 0.29) is 12.5 Å². The van der Waals surface area contributed by atoms with E-state index in [0.717, 1.165) is 0 Å². The maximum absolute atomic E-state index is 13.6. The molecule has 0 unspecified atom stereocenters. The monoisotopic (exact) mass is 337 g/mol. The average Bonchev–Trinajstić information content (AvgIpc) is 2.60. The van der Waals surface area contributed by atoms with Crippen molar-refractivity contribution in [2.45, 2.75) is 25.6 Å². The zero-order valence-electron chi connectivity index (χ0n) is 9.82. The molecule has 1 aliphatic rings. The lowest BCUT2D eigenvalue weighted by Gasteiger charge is -2.27. The lowest BCUT2D eigenvalue weighted by molar-refractivity contribution is 0.0887. The number of piperidine rings is 1. The van der Waals surface area contributed by atoms with Crippen molar-refractivity contribution >= 4 is 33.4 Å². The lowest BCUT2D eigenvalue weighted by atomic mass is 10.0. The second-order valence-electron chi connectivity index (χ2n) is 4.34. The quantitative estimate of drug-likeness (QED) is 0.774. The molecule has 1 aliphatic heterocycles. The summed E-state index contributed by atoms with van der Waals surface area (Å²) in [6.45, 7) is 2.75. The van der Waals surface area contributed by atoms with Crippen LogP contribution in [0.4, 0.5) is 4.39 Å². The number of aromatic amines is 1. The molecule has 0 saturated carbocycles. The Balaban J connectivity index is 2.09. The summed E-state index contributed by atoms with van der Waals surface area (Å²) in [7, 11) is 0. The largest absolute Gasteiger partial charge is 0.352 e. The number of carbonyl (C=O) groups is 1. The second kappa shape index (κ2) is 5.59. The average molecular weight is 339 g/mol. The van der Waals surface area contributed by atoms with Crippen LogP contribution in [0.1, 0.15) is 22.6 Å². The van der Waals surface area contributed by atoms with E-state index >= 15 is 0 Å². The van der Waals surface area contributed by atoms with E-state index < -0.39 is 12.2 Å². The summed E-state index contributed by atoms with van der Waals surface area (Å²) in [6, 6.07) is -0.451. The Morgan fingerprint density at radius 2 is 2.33 bits per heavy atom. The van der Waals surface area contributed by atoms with Crippen LogP contribution in [0.25, 0.3) is 0 Å². The molecule has 4 nitrogen and oxygen atoms in total. The molecule has 100 valence electrons. The maximum Gasteiger partial charge on any atom is 0.269 e. The van der Waals surface area contributed by atoms with Crippen molar-refractivity contribution in [3.8, 4) is 0 Å².